The Morgan fingerprint density at radius 2 is 1.82 bits per heavy atom. The van der Waals surface area contributed by atoms with E-state index in [9.17, 15) is 32.3 Å². The third-order valence-electron chi connectivity index (χ3n) is 7.51. The Labute approximate surface area is 251 Å². The number of aromatic nitrogens is 1. The molecule has 3 atom stereocenters. The van der Waals surface area contributed by atoms with Crippen molar-refractivity contribution in [3.63, 3.8) is 0 Å². The number of benzene rings is 3. The fraction of sp³-hybridized carbons (Fsp3) is 0.267. The summed E-state index contributed by atoms with van der Waals surface area (Å²) in [6.45, 7) is 1.76. The second kappa shape index (κ2) is 11.2. The number of anilines is 2. The van der Waals surface area contributed by atoms with Gasteiger partial charge in [-0.05, 0) is 61.9 Å². The minimum atomic E-state index is -4.97. The monoisotopic (exact) mass is 628 g/mol. The number of aliphatic hydroxyl groups is 1. The van der Waals surface area contributed by atoms with E-state index in [0.29, 0.717) is 51.5 Å². The zero-order chi connectivity index (χ0) is 31.3. The van der Waals surface area contributed by atoms with Gasteiger partial charge in [0.05, 0.1) is 56.5 Å². The van der Waals surface area contributed by atoms with Gasteiger partial charge < -0.3 is 25.3 Å². The molecule has 4 aromatic rings. The maximum atomic E-state index is 13.8. The first-order valence-electron chi connectivity index (χ1n) is 13.4. The molecule has 2 amide bonds. The lowest BCUT2D eigenvalue weighted by Gasteiger charge is -2.15. The normalized spacial score (nSPS) is 19.3. The molecule has 1 aliphatic heterocycles. The maximum absolute atomic E-state index is 13.8. The number of rotatable bonds is 6. The number of hydrogen-bond acceptors (Lipinski definition) is 8. The van der Waals surface area contributed by atoms with E-state index in [-0.39, 0.29) is 40.3 Å². The van der Waals surface area contributed by atoms with Crippen LogP contribution in [0.4, 0.5) is 28.9 Å². The lowest BCUT2D eigenvalue weighted by molar-refractivity contribution is -0.139. The van der Waals surface area contributed by atoms with Gasteiger partial charge in [0.25, 0.3) is 11.8 Å². The Morgan fingerprint density at radius 3 is 2.57 bits per heavy atom. The average Bonchev–Trinajstić information content (AvgIpc) is 3.65. The second-order valence-electron chi connectivity index (χ2n) is 10.5. The van der Waals surface area contributed by atoms with E-state index in [0.717, 1.165) is 6.07 Å². The molecule has 0 spiro atoms. The van der Waals surface area contributed by atoms with E-state index in [1.807, 2.05) is 0 Å². The molecule has 9 nitrogen and oxygen atoms in total. The minimum absolute atomic E-state index is 0.0384. The quantitative estimate of drug-likeness (QED) is 0.220. The standard InChI is InChI=1S/C30H24F4N4O5S/c1-13-35-23-12-22(17(11-26(23)44-13)28(40)36-15-4-5-21(31)20(8-15)30(32,33)34)37-29(41)19-7-14(3-6-24(19)42-2)27-18-9-16(39)10-25(18)43-38-27/h3-8,11-12,16,18,25,39H,9-10H2,1-2H3,(H,36,40)(H,37,41). The highest BCUT2D eigenvalue weighted by atomic mass is 32.1. The Hall–Kier alpha value is -4.56. The minimum Gasteiger partial charge on any atom is -0.496 e. The first kappa shape index (κ1) is 29.5. The molecule has 0 saturated heterocycles. The van der Waals surface area contributed by atoms with Gasteiger partial charge in [-0.3, -0.25) is 9.59 Å². The summed E-state index contributed by atoms with van der Waals surface area (Å²) in [5.74, 6) is -2.86. The van der Waals surface area contributed by atoms with Crippen LogP contribution in [-0.4, -0.2) is 46.9 Å². The second-order valence-corrected chi connectivity index (χ2v) is 11.7. The number of ether oxygens (including phenoxy) is 1. The number of carbonyl (C=O) groups is 2. The molecule has 1 aliphatic carbocycles. The summed E-state index contributed by atoms with van der Waals surface area (Å²) in [6, 6.07) is 9.99. The van der Waals surface area contributed by atoms with Crippen molar-refractivity contribution in [1.29, 1.82) is 0 Å². The van der Waals surface area contributed by atoms with Gasteiger partial charge >= 0.3 is 6.18 Å². The van der Waals surface area contributed by atoms with Crippen molar-refractivity contribution < 1.29 is 41.8 Å². The lowest BCUT2D eigenvalue weighted by atomic mass is 9.93. The first-order valence-corrected chi connectivity index (χ1v) is 14.2. The molecule has 0 bridgehead atoms. The fourth-order valence-electron chi connectivity index (χ4n) is 5.47. The van der Waals surface area contributed by atoms with Crippen LogP contribution in [0.25, 0.3) is 10.2 Å². The summed E-state index contributed by atoms with van der Waals surface area (Å²) in [4.78, 5) is 37.0. The molecule has 6 rings (SSSR count). The largest absolute Gasteiger partial charge is 0.496 e. The summed E-state index contributed by atoms with van der Waals surface area (Å²) in [5, 5.41) is 20.0. The highest BCUT2D eigenvalue weighted by Crippen LogP contribution is 2.38. The van der Waals surface area contributed by atoms with Crippen molar-refractivity contribution in [3.05, 3.63) is 81.6 Å². The Balaban J connectivity index is 1.33. The van der Waals surface area contributed by atoms with Gasteiger partial charge in [-0.15, -0.1) is 11.3 Å². The predicted octanol–water partition coefficient (Wildman–Crippen LogP) is 6.15. The number of halogens is 4. The van der Waals surface area contributed by atoms with Gasteiger partial charge in [0.15, 0.2) is 0 Å². The molecular formula is C30H24F4N4O5S. The number of methoxy groups -OCH3 is 1. The first-order chi connectivity index (χ1) is 20.9. The Bertz CT molecular complexity index is 1840. The molecule has 3 N–H and O–H groups in total. The number of oxime groups is 1. The highest BCUT2D eigenvalue weighted by Gasteiger charge is 2.43. The van der Waals surface area contributed by atoms with Crippen LogP contribution in [0.3, 0.4) is 0 Å². The van der Waals surface area contributed by atoms with Gasteiger partial charge in [-0.2, -0.15) is 13.2 Å². The molecular weight excluding hydrogens is 604 g/mol. The van der Waals surface area contributed by atoms with Crippen LogP contribution < -0.4 is 15.4 Å². The van der Waals surface area contributed by atoms with Crippen molar-refractivity contribution in [1.82, 2.24) is 4.98 Å². The molecule has 0 radical (unpaired) electrons. The van der Waals surface area contributed by atoms with Crippen molar-refractivity contribution in [2.24, 2.45) is 11.1 Å². The van der Waals surface area contributed by atoms with Gasteiger partial charge in [0.1, 0.15) is 17.7 Å². The van der Waals surface area contributed by atoms with Crippen LogP contribution >= 0.6 is 11.3 Å². The number of hydrogen-bond donors (Lipinski definition) is 3. The molecule has 2 heterocycles. The summed E-state index contributed by atoms with van der Waals surface area (Å²) in [6.07, 6.45) is -4.80. The van der Waals surface area contributed by atoms with Crippen LogP contribution in [-0.2, 0) is 11.0 Å². The molecule has 1 aromatic heterocycles. The SMILES string of the molecule is COc1ccc(C2=NOC3CC(O)CC23)cc1C(=O)Nc1cc2nc(C)sc2cc1C(=O)Nc1ccc(F)c(C(F)(F)F)c1. The van der Waals surface area contributed by atoms with Crippen LogP contribution in [0, 0.1) is 18.7 Å². The molecule has 2 aliphatic rings. The molecule has 1 saturated carbocycles. The lowest BCUT2D eigenvalue weighted by Crippen LogP contribution is -2.21. The van der Waals surface area contributed by atoms with E-state index < -0.39 is 35.5 Å². The summed E-state index contributed by atoms with van der Waals surface area (Å²) in [7, 11) is 1.40. The smallest absolute Gasteiger partial charge is 0.419 e. The zero-order valence-electron chi connectivity index (χ0n) is 23.2. The topological polar surface area (TPSA) is 122 Å². The number of nitrogens with one attached hydrogen (secondary N) is 2. The van der Waals surface area contributed by atoms with Crippen LogP contribution in [0.2, 0.25) is 0 Å². The van der Waals surface area contributed by atoms with E-state index in [2.05, 4.69) is 20.8 Å². The number of carbonyl (C=O) groups excluding carboxylic acids is 2. The number of alkyl halides is 3. The maximum Gasteiger partial charge on any atom is 0.419 e. The van der Waals surface area contributed by atoms with Gasteiger partial charge in [-0.1, -0.05) is 5.16 Å². The third kappa shape index (κ3) is 5.57. The van der Waals surface area contributed by atoms with Gasteiger partial charge in [0, 0.05) is 23.6 Å². The van der Waals surface area contributed by atoms with Crippen molar-refractivity contribution in [3.8, 4) is 5.75 Å². The van der Waals surface area contributed by atoms with E-state index in [4.69, 9.17) is 9.57 Å². The van der Waals surface area contributed by atoms with E-state index in [1.54, 1.807) is 25.1 Å². The summed E-state index contributed by atoms with van der Waals surface area (Å²) in [5.41, 5.74) is -0.0345. The Kier molecular flexibility index (Phi) is 7.49. The summed E-state index contributed by atoms with van der Waals surface area (Å²) >= 11 is 1.29. The van der Waals surface area contributed by atoms with Crippen molar-refractivity contribution in [2.45, 2.75) is 38.1 Å². The number of nitrogens with zero attached hydrogens (tertiary/aromatic N) is 2. The van der Waals surface area contributed by atoms with Crippen molar-refractivity contribution in [2.75, 3.05) is 17.7 Å². The molecule has 1 fully saturated rings. The van der Waals surface area contributed by atoms with Crippen LogP contribution in [0.5, 0.6) is 5.75 Å². The number of amides is 2. The molecule has 228 valence electrons. The van der Waals surface area contributed by atoms with E-state index >= 15 is 0 Å². The predicted molar refractivity (Wildman–Crippen MR) is 155 cm³/mol. The molecule has 14 heteroatoms. The number of aryl methyl sites for hydroxylation is 1. The van der Waals surface area contributed by atoms with Gasteiger partial charge in [-0.25, -0.2) is 9.37 Å². The molecule has 3 aromatic carbocycles. The Morgan fingerprint density at radius 1 is 1.05 bits per heavy atom. The summed E-state index contributed by atoms with van der Waals surface area (Å²) < 4.78 is 59.6. The number of fused-ring (bicyclic) bond motifs is 2. The van der Waals surface area contributed by atoms with Crippen LogP contribution in [0.1, 0.15) is 49.7 Å². The third-order valence-corrected chi connectivity index (χ3v) is 8.45. The fourth-order valence-corrected chi connectivity index (χ4v) is 6.32. The van der Waals surface area contributed by atoms with Gasteiger partial charge in [0.2, 0.25) is 0 Å². The highest BCUT2D eigenvalue weighted by molar-refractivity contribution is 7.18. The number of thiazole rings is 1. The van der Waals surface area contributed by atoms with E-state index in [1.165, 1.54) is 30.6 Å². The molecule has 3 unspecified atom stereocenters. The molecule has 44 heavy (non-hydrogen) atoms. The average molecular weight is 629 g/mol. The van der Waals surface area contributed by atoms with Crippen LogP contribution in [0.15, 0.2) is 53.7 Å². The van der Waals surface area contributed by atoms with Crippen molar-refractivity contribution >= 4 is 50.5 Å². The number of aliphatic hydroxyl groups excluding tert-OH is 1. The zero-order valence-corrected chi connectivity index (χ0v) is 24.0.